The van der Waals surface area contributed by atoms with Gasteiger partial charge in [0.1, 0.15) is 0 Å². The lowest BCUT2D eigenvalue weighted by Gasteiger charge is -2.35. The molecule has 2 aromatic rings. The third-order valence-corrected chi connectivity index (χ3v) is 4.67. The molecule has 2 aromatic carbocycles. The number of carbonyl (C=O) groups excluding carboxylic acids is 2. The van der Waals surface area contributed by atoms with Crippen LogP contribution in [-0.2, 0) is 11.3 Å². The minimum Gasteiger partial charge on any atom is -0.373 e. The molecular formula is C22H26N2O3. The summed E-state index contributed by atoms with van der Waals surface area (Å²) < 4.78 is 5.77. The number of ketones is 1. The van der Waals surface area contributed by atoms with E-state index in [1.165, 1.54) is 12.5 Å². The van der Waals surface area contributed by atoms with Crippen LogP contribution in [0.1, 0.15) is 47.1 Å². The highest BCUT2D eigenvalue weighted by Crippen LogP contribution is 2.16. The van der Waals surface area contributed by atoms with E-state index >= 15 is 0 Å². The molecule has 5 nitrogen and oxygen atoms in total. The number of rotatable bonds is 5. The number of nitrogens with one attached hydrogen (secondary N) is 1. The third kappa shape index (κ3) is 5.25. The Morgan fingerprint density at radius 1 is 0.963 bits per heavy atom. The molecule has 1 amide bonds. The lowest BCUT2D eigenvalue weighted by molar-refractivity contribution is -0.0704. The zero-order valence-electron chi connectivity index (χ0n) is 16.1. The number of hydrogen-bond acceptors (Lipinski definition) is 4. The number of amides is 1. The Morgan fingerprint density at radius 3 is 2.07 bits per heavy atom. The van der Waals surface area contributed by atoms with E-state index in [1.807, 2.05) is 24.3 Å². The predicted molar refractivity (Wildman–Crippen MR) is 106 cm³/mol. The second-order valence-corrected chi connectivity index (χ2v) is 7.24. The van der Waals surface area contributed by atoms with Gasteiger partial charge in [-0.05, 0) is 62.7 Å². The Morgan fingerprint density at radius 2 is 1.52 bits per heavy atom. The van der Waals surface area contributed by atoms with E-state index in [4.69, 9.17) is 4.74 Å². The maximum Gasteiger partial charge on any atom is 0.255 e. The fraction of sp³-hybridized carbons (Fsp3) is 0.364. The summed E-state index contributed by atoms with van der Waals surface area (Å²) in [7, 11) is 0. The monoisotopic (exact) mass is 366 g/mol. The highest BCUT2D eigenvalue weighted by atomic mass is 16.5. The van der Waals surface area contributed by atoms with E-state index in [0.717, 1.165) is 19.6 Å². The molecule has 5 heteroatoms. The molecule has 0 saturated carbocycles. The lowest BCUT2D eigenvalue weighted by atomic mass is 10.1. The molecular weight excluding hydrogens is 340 g/mol. The number of Topliss-reactive ketones (excluding diaryl/α,β-unsaturated/α-hetero) is 1. The summed E-state index contributed by atoms with van der Waals surface area (Å²) in [6, 6.07) is 14.6. The molecule has 0 bridgehead atoms. The standard InChI is InChI=1S/C22H26N2O3/c1-15-12-24(13-16(2)27-15)14-18-4-6-20(7-5-18)22(26)23-21-10-8-19(9-11-21)17(3)25/h4-11,15-16H,12-14H2,1-3H3,(H,23,26). The topological polar surface area (TPSA) is 58.6 Å². The molecule has 1 heterocycles. The zero-order valence-corrected chi connectivity index (χ0v) is 16.1. The molecule has 1 aliphatic heterocycles. The number of nitrogens with zero attached hydrogens (tertiary/aromatic N) is 1. The van der Waals surface area contributed by atoms with Crippen LogP contribution in [0.5, 0.6) is 0 Å². The minimum absolute atomic E-state index is 0.00696. The van der Waals surface area contributed by atoms with E-state index in [0.29, 0.717) is 16.8 Å². The average molecular weight is 366 g/mol. The van der Waals surface area contributed by atoms with Gasteiger partial charge in [0.05, 0.1) is 12.2 Å². The Kier molecular flexibility index (Phi) is 6.04. The van der Waals surface area contributed by atoms with Crippen molar-refractivity contribution in [3.63, 3.8) is 0 Å². The number of anilines is 1. The summed E-state index contributed by atoms with van der Waals surface area (Å²) in [6.07, 6.45) is 0.487. The third-order valence-electron chi connectivity index (χ3n) is 4.67. The van der Waals surface area contributed by atoms with Gasteiger partial charge in [0.15, 0.2) is 5.78 Å². The fourth-order valence-electron chi connectivity index (χ4n) is 3.42. The number of carbonyl (C=O) groups is 2. The van der Waals surface area contributed by atoms with Crippen LogP contribution < -0.4 is 5.32 Å². The van der Waals surface area contributed by atoms with Crippen molar-refractivity contribution in [2.24, 2.45) is 0 Å². The summed E-state index contributed by atoms with van der Waals surface area (Å²) in [5, 5.41) is 2.86. The molecule has 1 aliphatic rings. The average Bonchev–Trinajstić information content (AvgIpc) is 2.62. The smallest absolute Gasteiger partial charge is 0.255 e. The summed E-state index contributed by atoms with van der Waals surface area (Å²) in [6.45, 7) is 8.41. The van der Waals surface area contributed by atoms with Crippen LogP contribution in [-0.4, -0.2) is 41.9 Å². The Balaban J connectivity index is 1.59. The van der Waals surface area contributed by atoms with Crippen LogP contribution in [0.2, 0.25) is 0 Å². The summed E-state index contributed by atoms with van der Waals surface area (Å²) in [5.41, 5.74) is 3.09. The van der Waals surface area contributed by atoms with Gasteiger partial charge >= 0.3 is 0 Å². The predicted octanol–water partition coefficient (Wildman–Crippen LogP) is 3.75. The van der Waals surface area contributed by atoms with E-state index in [9.17, 15) is 9.59 Å². The first kappa shape index (κ1) is 19.3. The van der Waals surface area contributed by atoms with Crippen LogP contribution in [0, 0.1) is 0 Å². The normalized spacial score (nSPS) is 20.3. The van der Waals surface area contributed by atoms with Gasteiger partial charge in [-0.15, -0.1) is 0 Å². The van der Waals surface area contributed by atoms with E-state index in [1.54, 1.807) is 24.3 Å². The van der Waals surface area contributed by atoms with Crippen molar-refractivity contribution in [3.8, 4) is 0 Å². The van der Waals surface area contributed by atoms with Gasteiger partial charge < -0.3 is 10.1 Å². The molecule has 27 heavy (non-hydrogen) atoms. The van der Waals surface area contributed by atoms with E-state index < -0.39 is 0 Å². The highest BCUT2D eigenvalue weighted by Gasteiger charge is 2.22. The first-order chi connectivity index (χ1) is 12.9. The van der Waals surface area contributed by atoms with Gasteiger partial charge in [-0.2, -0.15) is 0 Å². The van der Waals surface area contributed by atoms with Crippen LogP contribution in [0.15, 0.2) is 48.5 Å². The molecule has 1 fully saturated rings. The van der Waals surface area contributed by atoms with Crippen molar-refractivity contribution < 1.29 is 14.3 Å². The zero-order chi connectivity index (χ0) is 19.4. The van der Waals surface area contributed by atoms with Crippen molar-refractivity contribution in [1.29, 1.82) is 0 Å². The second-order valence-electron chi connectivity index (χ2n) is 7.24. The molecule has 3 rings (SSSR count). The van der Waals surface area contributed by atoms with Gasteiger partial charge in [0.2, 0.25) is 0 Å². The van der Waals surface area contributed by atoms with Gasteiger partial charge in [0, 0.05) is 36.4 Å². The van der Waals surface area contributed by atoms with E-state index in [-0.39, 0.29) is 23.9 Å². The molecule has 0 aromatic heterocycles. The largest absolute Gasteiger partial charge is 0.373 e. The number of morpholine rings is 1. The van der Waals surface area contributed by atoms with Crippen molar-refractivity contribution in [1.82, 2.24) is 4.90 Å². The van der Waals surface area contributed by atoms with Gasteiger partial charge in [-0.25, -0.2) is 0 Å². The SMILES string of the molecule is CC(=O)c1ccc(NC(=O)c2ccc(CN3CC(C)OC(C)C3)cc2)cc1. The Bertz CT molecular complexity index is 789. The fourth-order valence-corrected chi connectivity index (χ4v) is 3.42. The first-order valence-corrected chi connectivity index (χ1v) is 9.30. The molecule has 1 N–H and O–H groups in total. The molecule has 0 spiro atoms. The number of ether oxygens (including phenoxy) is 1. The maximum atomic E-state index is 12.4. The van der Waals surface area contributed by atoms with Crippen molar-refractivity contribution in [2.75, 3.05) is 18.4 Å². The lowest BCUT2D eigenvalue weighted by Crippen LogP contribution is -2.44. The van der Waals surface area contributed by atoms with Gasteiger partial charge in [0.25, 0.3) is 5.91 Å². The Labute approximate surface area is 160 Å². The minimum atomic E-state index is -0.161. The van der Waals surface area contributed by atoms with Crippen LogP contribution >= 0.6 is 0 Å². The summed E-state index contributed by atoms with van der Waals surface area (Å²) in [4.78, 5) is 26.1. The second kappa shape index (κ2) is 8.46. The molecule has 142 valence electrons. The summed E-state index contributed by atoms with van der Waals surface area (Å²) >= 11 is 0. The van der Waals surface area contributed by atoms with Crippen LogP contribution in [0.4, 0.5) is 5.69 Å². The van der Waals surface area contributed by atoms with E-state index in [2.05, 4.69) is 24.1 Å². The summed E-state index contributed by atoms with van der Waals surface area (Å²) in [5.74, 6) is -0.154. The number of hydrogen-bond donors (Lipinski definition) is 1. The molecule has 2 unspecified atom stereocenters. The van der Waals surface area contributed by atoms with Gasteiger partial charge in [-0.3, -0.25) is 14.5 Å². The maximum absolute atomic E-state index is 12.4. The van der Waals surface area contributed by atoms with Crippen LogP contribution in [0.25, 0.3) is 0 Å². The molecule has 1 saturated heterocycles. The van der Waals surface area contributed by atoms with Crippen molar-refractivity contribution in [2.45, 2.75) is 39.5 Å². The number of benzene rings is 2. The quantitative estimate of drug-likeness (QED) is 0.819. The molecule has 0 radical (unpaired) electrons. The Hall–Kier alpha value is -2.50. The van der Waals surface area contributed by atoms with Crippen molar-refractivity contribution >= 4 is 17.4 Å². The highest BCUT2D eigenvalue weighted by molar-refractivity contribution is 6.04. The molecule has 0 aliphatic carbocycles. The van der Waals surface area contributed by atoms with Crippen molar-refractivity contribution in [3.05, 3.63) is 65.2 Å². The molecule has 2 atom stereocenters. The first-order valence-electron chi connectivity index (χ1n) is 9.30. The van der Waals surface area contributed by atoms with Crippen LogP contribution in [0.3, 0.4) is 0 Å². The van der Waals surface area contributed by atoms with Gasteiger partial charge in [-0.1, -0.05) is 12.1 Å².